The Hall–Kier alpha value is -1.43. The molecule has 0 saturated carbocycles. The second-order valence-corrected chi connectivity index (χ2v) is 4.77. The number of aromatic nitrogens is 1. The highest BCUT2D eigenvalue weighted by molar-refractivity contribution is 14.1. The van der Waals surface area contributed by atoms with Crippen LogP contribution < -0.4 is 5.32 Å². The van der Waals surface area contributed by atoms with Crippen LogP contribution in [0.5, 0.6) is 0 Å². The fourth-order valence-corrected chi connectivity index (χ4v) is 2.02. The quantitative estimate of drug-likeness (QED) is 0.875. The van der Waals surface area contributed by atoms with Crippen molar-refractivity contribution in [1.82, 2.24) is 10.3 Å². The third-order valence-electron chi connectivity index (χ3n) is 2.24. The minimum Gasteiger partial charge on any atom is -0.347 e. The smallest absolute Gasteiger partial charge is 0.270 e. The molecule has 0 bridgehead atoms. The van der Waals surface area contributed by atoms with Gasteiger partial charge < -0.3 is 5.32 Å². The molecule has 2 rings (SSSR count). The van der Waals surface area contributed by atoms with E-state index in [2.05, 4.69) is 32.9 Å². The van der Waals surface area contributed by atoms with Gasteiger partial charge in [-0.15, -0.1) is 0 Å². The number of amides is 1. The molecule has 86 valence electrons. The fourth-order valence-electron chi connectivity index (χ4n) is 1.42. The number of halogens is 1. The van der Waals surface area contributed by atoms with Gasteiger partial charge in [-0.1, -0.05) is 18.2 Å². The highest BCUT2D eigenvalue weighted by atomic mass is 127. The zero-order chi connectivity index (χ0) is 12.1. The summed E-state index contributed by atoms with van der Waals surface area (Å²) in [7, 11) is 0. The molecule has 0 aliphatic heterocycles. The van der Waals surface area contributed by atoms with Crippen LogP contribution in [0.1, 0.15) is 16.1 Å². The molecule has 2 aromatic rings. The van der Waals surface area contributed by atoms with Crippen molar-refractivity contribution in [1.29, 1.82) is 0 Å². The topological polar surface area (TPSA) is 42.0 Å². The van der Waals surface area contributed by atoms with Crippen LogP contribution in [-0.4, -0.2) is 10.9 Å². The predicted octanol–water partition coefficient (Wildman–Crippen LogP) is 2.62. The second kappa shape index (κ2) is 5.77. The van der Waals surface area contributed by atoms with E-state index < -0.39 is 0 Å². The van der Waals surface area contributed by atoms with E-state index in [0.717, 1.165) is 9.13 Å². The van der Waals surface area contributed by atoms with Crippen molar-refractivity contribution in [2.45, 2.75) is 6.54 Å². The minimum absolute atomic E-state index is 0.149. The van der Waals surface area contributed by atoms with E-state index in [-0.39, 0.29) is 5.91 Å². The van der Waals surface area contributed by atoms with Gasteiger partial charge in [-0.3, -0.25) is 9.78 Å². The Morgan fingerprint density at radius 3 is 2.82 bits per heavy atom. The van der Waals surface area contributed by atoms with E-state index in [1.54, 1.807) is 24.4 Å². The molecule has 0 aliphatic carbocycles. The monoisotopic (exact) mass is 338 g/mol. The van der Waals surface area contributed by atoms with Crippen LogP contribution in [0.3, 0.4) is 0 Å². The summed E-state index contributed by atoms with van der Waals surface area (Å²) in [5, 5.41) is 2.84. The summed E-state index contributed by atoms with van der Waals surface area (Å²) < 4.78 is 1.16. The van der Waals surface area contributed by atoms with Crippen LogP contribution in [0.15, 0.2) is 48.7 Å². The van der Waals surface area contributed by atoms with E-state index >= 15 is 0 Å². The van der Waals surface area contributed by atoms with Gasteiger partial charge in [-0.05, 0) is 52.4 Å². The third kappa shape index (κ3) is 3.52. The van der Waals surface area contributed by atoms with E-state index in [1.807, 2.05) is 24.3 Å². The van der Waals surface area contributed by atoms with Gasteiger partial charge in [0.05, 0.1) is 0 Å². The lowest BCUT2D eigenvalue weighted by Gasteiger charge is -2.04. The van der Waals surface area contributed by atoms with Crippen molar-refractivity contribution in [2.75, 3.05) is 0 Å². The molecular formula is C13H11IN2O. The van der Waals surface area contributed by atoms with E-state index in [1.165, 1.54) is 0 Å². The van der Waals surface area contributed by atoms with Crippen molar-refractivity contribution < 1.29 is 4.79 Å². The van der Waals surface area contributed by atoms with Crippen LogP contribution in [0.4, 0.5) is 0 Å². The number of carbonyl (C=O) groups is 1. The summed E-state index contributed by atoms with van der Waals surface area (Å²) in [6, 6.07) is 13.3. The summed E-state index contributed by atoms with van der Waals surface area (Å²) in [5.41, 5.74) is 1.53. The van der Waals surface area contributed by atoms with Gasteiger partial charge in [0, 0.05) is 16.3 Å². The summed E-state index contributed by atoms with van der Waals surface area (Å²) >= 11 is 2.25. The third-order valence-corrected chi connectivity index (χ3v) is 2.91. The minimum atomic E-state index is -0.149. The normalized spacial score (nSPS) is 9.94. The van der Waals surface area contributed by atoms with Crippen molar-refractivity contribution in [3.05, 3.63) is 63.5 Å². The van der Waals surface area contributed by atoms with Crippen LogP contribution in [0.2, 0.25) is 0 Å². The van der Waals surface area contributed by atoms with Gasteiger partial charge in [-0.2, -0.15) is 0 Å². The first-order chi connectivity index (χ1) is 8.25. The number of nitrogens with zero attached hydrogens (tertiary/aromatic N) is 1. The molecule has 1 amide bonds. The molecule has 1 aromatic heterocycles. The first-order valence-electron chi connectivity index (χ1n) is 5.19. The molecule has 1 heterocycles. The predicted molar refractivity (Wildman–Crippen MR) is 74.6 cm³/mol. The van der Waals surface area contributed by atoms with Crippen molar-refractivity contribution in [2.24, 2.45) is 0 Å². The van der Waals surface area contributed by atoms with Crippen LogP contribution >= 0.6 is 22.6 Å². The van der Waals surface area contributed by atoms with Crippen molar-refractivity contribution in [3.8, 4) is 0 Å². The molecule has 0 saturated heterocycles. The number of hydrogen-bond donors (Lipinski definition) is 1. The zero-order valence-corrected chi connectivity index (χ0v) is 11.2. The van der Waals surface area contributed by atoms with Crippen LogP contribution in [-0.2, 0) is 6.54 Å². The lowest BCUT2D eigenvalue weighted by Crippen LogP contribution is -2.23. The lowest BCUT2D eigenvalue weighted by molar-refractivity contribution is 0.0946. The standard InChI is InChI=1S/C13H11IN2O/c14-11-5-3-4-10(8-11)9-16-13(17)12-6-1-2-7-15-12/h1-8H,9H2,(H,16,17). The number of hydrogen-bond acceptors (Lipinski definition) is 2. The highest BCUT2D eigenvalue weighted by Crippen LogP contribution is 2.07. The number of nitrogens with one attached hydrogen (secondary N) is 1. The molecule has 3 nitrogen and oxygen atoms in total. The van der Waals surface area contributed by atoms with E-state index in [4.69, 9.17) is 0 Å². The van der Waals surface area contributed by atoms with Crippen molar-refractivity contribution in [3.63, 3.8) is 0 Å². The Balaban J connectivity index is 1.97. The molecule has 0 atom stereocenters. The largest absolute Gasteiger partial charge is 0.347 e. The summed E-state index contributed by atoms with van der Waals surface area (Å²) in [4.78, 5) is 15.7. The Labute approximate surface area is 113 Å². The molecule has 0 spiro atoms. The molecule has 17 heavy (non-hydrogen) atoms. The van der Waals surface area contributed by atoms with Gasteiger partial charge in [0.2, 0.25) is 0 Å². The summed E-state index contributed by atoms with van der Waals surface area (Å²) in [6.07, 6.45) is 1.61. The van der Waals surface area contributed by atoms with Crippen molar-refractivity contribution >= 4 is 28.5 Å². The Kier molecular flexibility index (Phi) is 4.08. The SMILES string of the molecule is O=C(NCc1cccc(I)c1)c1ccccn1. The average Bonchev–Trinajstić information content (AvgIpc) is 2.37. The van der Waals surface area contributed by atoms with Gasteiger partial charge >= 0.3 is 0 Å². The Morgan fingerprint density at radius 1 is 1.24 bits per heavy atom. The van der Waals surface area contributed by atoms with Gasteiger partial charge in [0.25, 0.3) is 5.91 Å². The van der Waals surface area contributed by atoms with Gasteiger partial charge in [-0.25, -0.2) is 0 Å². The van der Waals surface area contributed by atoms with Gasteiger partial charge in [0.15, 0.2) is 0 Å². The van der Waals surface area contributed by atoms with Crippen LogP contribution in [0.25, 0.3) is 0 Å². The Bertz CT molecular complexity index is 514. The first kappa shape index (κ1) is 12.0. The number of carbonyl (C=O) groups excluding carboxylic acids is 1. The molecule has 0 unspecified atom stereocenters. The molecule has 1 N–H and O–H groups in total. The zero-order valence-electron chi connectivity index (χ0n) is 9.06. The maximum absolute atomic E-state index is 11.7. The molecule has 0 fully saturated rings. The van der Waals surface area contributed by atoms with E-state index in [0.29, 0.717) is 12.2 Å². The lowest BCUT2D eigenvalue weighted by atomic mass is 10.2. The number of benzene rings is 1. The summed E-state index contributed by atoms with van der Waals surface area (Å²) in [6.45, 7) is 0.520. The molecule has 1 aromatic carbocycles. The van der Waals surface area contributed by atoms with Crippen LogP contribution in [0, 0.1) is 3.57 Å². The maximum atomic E-state index is 11.7. The number of rotatable bonds is 3. The molecule has 4 heteroatoms. The molecule has 0 aliphatic rings. The summed E-state index contributed by atoms with van der Waals surface area (Å²) in [5.74, 6) is -0.149. The molecule has 0 radical (unpaired) electrons. The Morgan fingerprint density at radius 2 is 2.12 bits per heavy atom. The fraction of sp³-hybridized carbons (Fsp3) is 0.0769. The highest BCUT2D eigenvalue weighted by Gasteiger charge is 2.05. The van der Waals surface area contributed by atoms with Gasteiger partial charge in [0.1, 0.15) is 5.69 Å². The second-order valence-electron chi connectivity index (χ2n) is 3.53. The number of pyridine rings is 1. The molecular weight excluding hydrogens is 327 g/mol. The average molecular weight is 338 g/mol. The maximum Gasteiger partial charge on any atom is 0.270 e. The van der Waals surface area contributed by atoms with E-state index in [9.17, 15) is 4.79 Å². The first-order valence-corrected chi connectivity index (χ1v) is 6.27.